The predicted molar refractivity (Wildman–Crippen MR) is 144 cm³/mol. The molecule has 1 aliphatic heterocycles. The van der Waals surface area contributed by atoms with Crippen molar-refractivity contribution < 1.29 is 19.3 Å². The lowest BCUT2D eigenvalue weighted by Crippen LogP contribution is -2.25. The summed E-state index contributed by atoms with van der Waals surface area (Å²) < 4.78 is 16.8. The fourth-order valence-corrected chi connectivity index (χ4v) is 5.34. The normalized spacial score (nSPS) is 16.5. The van der Waals surface area contributed by atoms with Gasteiger partial charge in [0.1, 0.15) is 30.0 Å². The molecule has 5 nitrogen and oxygen atoms in total. The van der Waals surface area contributed by atoms with Crippen molar-refractivity contribution in [3.63, 3.8) is 0 Å². The second kappa shape index (κ2) is 11.2. The van der Waals surface area contributed by atoms with Crippen LogP contribution < -0.4 is 14.2 Å². The van der Waals surface area contributed by atoms with Crippen molar-refractivity contribution in [3.05, 3.63) is 89.0 Å². The molecule has 1 fully saturated rings. The summed E-state index contributed by atoms with van der Waals surface area (Å²) >= 11 is 0. The Labute approximate surface area is 213 Å². The van der Waals surface area contributed by atoms with Crippen LogP contribution in [0.2, 0.25) is 0 Å². The van der Waals surface area contributed by atoms with Crippen LogP contribution in [0.5, 0.6) is 17.2 Å². The molecule has 1 unspecified atom stereocenters. The van der Waals surface area contributed by atoms with Gasteiger partial charge in [-0.3, -0.25) is 4.90 Å². The first-order chi connectivity index (χ1) is 17.7. The van der Waals surface area contributed by atoms with Crippen LogP contribution in [0.3, 0.4) is 0 Å². The molecule has 0 spiro atoms. The minimum Gasteiger partial charge on any atom is -0.497 e. The average molecular weight is 486 g/mol. The molecule has 1 N–H and O–H groups in total. The molecule has 0 amide bonds. The fraction of sp³-hybridized carbons (Fsp3) is 0.355. The molecule has 3 aromatic carbocycles. The van der Waals surface area contributed by atoms with Gasteiger partial charge in [0.25, 0.3) is 0 Å². The van der Waals surface area contributed by atoms with E-state index in [1.54, 1.807) is 14.2 Å². The molecular weight excluding hydrogens is 450 g/mol. The van der Waals surface area contributed by atoms with Crippen molar-refractivity contribution in [2.24, 2.45) is 0 Å². The van der Waals surface area contributed by atoms with Gasteiger partial charge < -0.3 is 19.3 Å². The van der Waals surface area contributed by atoms with Crippen LogP contribution >= 0.6 is 0 Å². The SMILES string of the molecule is COc1ccc(C2=C(C(O)c3ccc(OCCN4CCCC4)cc3)c3ccc(OC)cc3CC2)cc1. The average Bonchev–Trinajstić information content (AvgIpc) is 3.46. The zero-order chi connectivity index (χ0) is 24.9. The molecule has 1 saturated heterocycles. The van der Waals surface area contributed by atoms with Crippen molar-refractivity contribution in [2.45, 2.75) is 31.8 Å². The van der Waals surface area contributed by atoms with Gasteiger partial charge in [0.2, 0.25) is 0 Å². The highest BCUT2D eigenvalue weighted by Crippen LogP contribution is 2.44. The molecule has 2 aliphatic rings. The summed E-state index contributed by atoms with van der Waals surface area (Å²) in [4.78, 5) is 2.45. The van der Waals surface area contributed by atoms with Crippen LogP contribution in [0.15, 0.2) is 66.7 Å². The third-order valence-electron chi connectivity index (χ3n) is 7.35. The number of aryl methyl sites for hydroxylation is 1. The summed E-state index contributed by atoms with van der Waals surface area (Å²) in [6.07, 6.45) is 3.56. The maximum atomic E-state index is 11.7. The first kappa shape index (κ1) is 24.4. The Hall–Kier alpha value is -3.28. The molecule has 1 atom stereocenters. The Balaban J connectivity index is 1.43. The number of hydrogen-bond donors (Lipinski definition) is 1. The van der Waals surface area contributed by atoms with Crippen LogP contribution in [0.4, 0.5) is 0 Å². The number of fused-ring (bicyclic) bond motifs is 1. The van der Waals surface area contributed by atoms with E-state index in [1.807, 2.05) is 42.5 Å². The maximum Gasteiger partial charge on any atom is 0.119 e. The maximum absolute atomic E-state index is 11.7. The van der Waals surface area contributed by atoms with E-state index in [1.165, 1.54) is 31.5 Å². The second-order valence-corrected chi connectivity index (χ2v) is 9.51. The van der Waals surface area contributed by atoms with E-state index in [0.29, 0.717) is 6.61 Å². The van der Waals surface area contributed by atoms with Gasteiger partial charge in [-0.25, -0.2) is 0 Å². The summed E-state index contributed by atoms with van der Waals surface area (Å²) in [5.41, 5.74) is 6.34. The van der Waals surface area contributed by atoms with Crippen molar-refractivity contribution in [1.29, 1.82) is 0 Å². The summed E-state index contributed by atoms with van der Waals surface area (Å²) in [5, 5.41) is 11.7. The first-order valence-electron chi connectivity index (χ1n) is 12.8. The lowest BCUT2D eigenvalue weighted by atomic mass is 9.79. The van der Waals surface area contributed by atoms with Gasteiger partial charge in [0.05, 0.1) is 14.2 Å². The number of ether oxygens (including phenoxy) is 3. The van der Waals surface area contributed by atoms with Crippen molar-refractivity contribution in [3.8, 4) is 17.2 Å². The molecule has 3 aromatic rings. The smallest absolute Gasteiger partial charge is 0.119 e. The first-order valence-corrected chi connectivity index (χ1v) is 12.8. The molecule has 0 aromatic heterocycles. The second-order valence-electron chi connectivity index (χ2n) is 9.51. The lowest BCUT2D eigenvalue weighted by molar-refractivity contribution is 0.234. The number of aliphatic hydroxyl groups is 1. The van der Waals surface area contributed by atoms with Crippen LogP contribution in [0.25, 0.3) is 11.1 Å². The zero-order valence-corrected chi connectivity index (χ0v) is 21.2. The number of hydrogen-bond acceptors (Lipinski definition) is 5. The Morgan fingerprint density at radius 1 is 0.806 bits per heavy atom. The van der Waals surface area contributed by atoms with E-state index in [9.17, 15) is 5.11 Å². The highest BCUT2D eigenvalue weighted by atomic mass is 16.5. The van der Waals surface area contributed by atoms with Gasteiger partial charge in [-0.2, -0.15) is 0 Å². The molecule has 188 valence electrons. The number of rotatable bonds is 9. The molecule has 0 bridgehead atoms. The Kier molecular flexibility index (Phi) is 7.59. The third kappa shape index (κ3) is 5.28. The van der Waals surface area contributed by atoms with Crippen LogP contribution in [-0.2, 0) is 6.42 Å². The number of nitrogens with zero attached hydrogens (tertiary/aromatic N) is 1. The molecule has 0 radical (unpaired) electrons. The number of methoxy groups -OCH3 is 2. The summed E-state index contributed by atoms with van der Waals surface area (Å²) in [5.74, 6) is 2.50. The Bertz CT molecular complexity index is 1190. The van der Waals surface area contributed by atoms with E-state index in [4.69, 9.17) is 14.2 Å². The standard InChI is InChI=1S/C31H35NO4/c1-34-25-10-5-22(6-11-25)28-15-9-24-21-27(35-2)14-16-29(24)30(28)31(33)23-7-12-26(13-8-23)36-20-19-32-17-3-4-18-32/h5-8,10-14,16,21,31,33H,3-4,9,15,17-20H2,1-2H3. The largest absolute Gasteiger partial charge is 0.497 e. The minimum absolute atomic E-state index is 0.684. The molecule has 5 rings (SSSR count). The van der Waals surface area contributed by atoms with Crippen molar-refractivity contribution in [1.82, 2.24) is 4.90 Å². The molecule has 0 saturated carbocycles. The van der Waals surface area contributed by atoms with Gasteiger partial charge in [-0.15, -0.1) is 0 Å². The number of benzene rings is 3. The lowest BCUT2D eigenvalue weighted by Gasteiger charge is -2.28. The van der Waals surface area contributed by atoms with Crippen LogP contribution in [0.1, 0.15) is 47.6 Å². The predicted octanol–water partition coefficient (Wildman–Crippen LogP) is 5.77. The summed E-state index contributed by atoms with van der Waals surface area (Å²) in [7, 11) is 3.36. The van der Waals surface area contributed by atoms with Crippen molar-refractivity contribution >= 4 is 11.1 Å². The molecular formula is C31H35NO4. The highest BCUT2D eigenvalue weighted by Gasteiger charge is 2.27. The highest BCUT2D eigenvalue weighted by molar-refractivity contribution is 5.95. The van der Waals surface area contributed by atoms with E-state index in [0.717, 1.165) is 64.5 Å². The van der Waals surface area contributed by atoms with E-state index < -0.39 is 6.10 Å². The monoisotopic (exact) mass is 485 g/mol. The van der Waals surface area contributed by atoms with Gasteiger partial charge in [0, 0.05) is 6.54 Å². The topological polar surface area (TPSA) is 51.2 Å². The van der Waals surface area contributed by atoms with E-state index in [-0.39, 0.29) is 0 Å². The number of allylic oxidation sites excluding steroid dienone is 1. The third-order valence-corrected chi connectivity index (χ3v) is 7.35. The fourth-order valence-electron chi connectivity index (χ4n) is 5.34. The summed E-state index contributed by atoms with van der Waals surface area (Å²) in [6, 6.07) is 22.1. The molecule has 1 aliphatic carbocycles. The number of aliphatic hydroxyl groups excluding tert-OH is 1. The van der Waals surface area contributed by atoms with Crippen molar-refractivity contribution in [2.75, 3.05) is 40.5 Å². The molecule has 5 heteroatoms. The van der Waals surface area contributed by atoms with E-state index >= 15 is 0 Å². The zero-order valence-electron chi connectivity index (χ0n) is 21.2. The molecule has 36 heavy (non-hydrogen) atoms. The Morgan fingerprint density at radius 3 is 2.17 bits per heavy atom. The quantitative estimate of drug-likeness (QED) is 0.417. The minimum atomic E-state index is -0.756. The van der Waals surface area contributed by atoms with Crippen LogP contribution in [0, 0.1) is 0 Å². The van der Waals surface area contributed by atoms with Gasteiger partial charge in [-0.1, -0.05) is 30.3 Å². The summed E-state index contributed by atoms with van der Waals surface area (Å²) in [6.45, 7) is 3.99. The molecule has 1 heterocycles. The van der Waals surface area contributed by atoms with E-state index in [2.05, 4.69) is 29.2 Å². The Morgan fingerprint density at radius 2 is 1.47 bits per heavy atom. The van der Waals surface area contributed by atoms with Gasteiger partial charge >= 0.3 is 0 Å². The van der Waals surface area contributed by atoms with Gasteiger partial charge in [0.15, 0.2) is 0 Å². The van der Waals surface area contributed by atoms with Gasteiger partial charge in [-0.05, 0) is 109 Å². The number of likely N-dealkylation sites (tertiary alicyclic amines) is 1. The van der Waals surface area contributed by atoms with Crippen LogP contribution in [-0.4, -0.2) is 50.5 Å².